The number of nitrogens with one attached hydrogen (secondary N) is 1. The summed E-state index contributed by atoms with van der Waals surface area (Å²) in [6.45, 7) is 7.10. The lowest BCUT2D eigenvalue weighted by molar-refractivity contribution is 0.0958. The molecule has 0 spiro atoms. The maximum absolute atomic E-state index is 15.0. The van der Waals surface area contributed by atoms with E-state index in [2.05, 4.69) is 32.2 Å². The highest BCUT2D eigenvalue weighted by Gasteiger charge is 2.37. The van der Waals surface area contributed by atoms with E-state index in [1.54, 1.807) is 6.07 Å². The minimum Gasteiger partial charge on any atom is -0.357 e. The zero-order valence-electron chi connectivity index (χ0n) is 20.1. The summed E-state index contributed by atoms with van der Waals surface area (Å²) < 4.78 is 20.8. The first-order valence-corrected chi connectivity index (χ1v) is 13.1. The predicted octanol–water partition coefficient (Wildman–Crippen LogP) is 7.88. The van der Waals surface area contributed by atoms with Gasteiger partial charge in [0.2, 0.25) is 0 Å². The zero-order chi connectivity index (χ0) is 21.8. The molecule has 0 amide bonds. The van der Waals surface area contributed by atoms with E-state index in [1.165, 1.54) is 82.6 Å². The summed E-state index contributed by atoms with van der Waals surface area (Å²) in [5.74, 6) is 3.18. The fraction of sp³-hybridized carbons (Fsp3) is 0.786. The molecule has 1 aromatic carbocycles. The maximum atomic E-state index is 15.0. The molecule has 2 saturated carbocycles. The third-order valence-electron chi connectivity index (χ3n) is 8.35. The van der Waals surface area contributed by atoms with Crippen LogP contribution < -0.4 is 5.32 Å². The van der Waals surface area contributed by atoms with Gasteiger partial charge < -0.3 is 4.74 Å². The van der Waals surface area contributed by atoms with Gasteiger partial charge >= 0.3 is 0 Å². The standard InChI is InChI=1S/C28H44FNO/c1-4-5-6-7-8-9-20-10-11-22-17-23(13-12-21(22)16-20)24-14-15-25(26(29)18-24)27-30-28(2,3)19-31-27/h14-15,18,20-23,27,30H,4-13,16-17,19H2,1-3H3. The summed E-state index contributed by atoms with van der Waals surface area (Å²) in [6, 6.07) is 5.94. The van der Waals surface area contributed by atoms with E-state index < -0.39 is 0 Å². The minimum atomic E-state index is -0.322. The summed E-state index contributed by atoms with van der Waals surface area (Å²) in [6.07, 6.45) is 16.3. The van der Waals surface area contributed by atoms with Crippen molar-refractivity contribution in [3.8, 4) is 0 Å². The second kappa shape index (κ2) is 10.3. The third kappa shape index (κ3) is 5.90. The molecule has 174 valence electrons. The van der Waals surface area contributed by atoms with Gasteiger partial charge in [0.15, 0.2) is 0 Å². The Labute approximate surface area is 189 Å². The molecule has 1 N–H and O–H groups in total. The smallest absolute Gasteiger partial charge is 0.137 e. The Bertz CT molecular complexity index is 717. The highest BCUT2D eigenvalue weighted by Crippen LogP contribution is 2.48. The first kappa shape index (κ1) is 23.2. The average molecular weight is 430 g/mol. The van der Waals surface area contributed by atoms with Crippen LogP contribution >= 0.6 is 0 Å². The van der Waals surface area contributed by atoms with Gasteiger partial charge in [-0.05, 0) is 81.3 Å². The first-order valence-electron chi connectivity index (χ1n) is 13.1. The summed E-state index contributed by atoms with van der Waals surface area (Å²) >= 11 is 0. The molecule has 0 aromatic heterocycles. The van der Waals surface area contributed by atoms with Gasteiger partial charge in [-0.1, -0.05) is 64.0 Å². The van der Waals surface area contributed by atoms with Gasteiger partial charge in [0.25, 0.3) is 0 Å². The van der Waals surface area contributed by atoms with Crippen LogP contribution in [0.1, 0.15) is 121 Å². The highest BCUT2D eigenvalue weighted by molar-refractivity contribution is 5.29. The van der Waals surface area contributed by atoms with Crippen molar-refractivity contribution in [3.05, 3.63) is 35.1 Å². The van der Waals surface area contributed by atoms with Crippen molar-refractivity contribution in [2.45, 2.75) is 116 Å². The predicted molar refractivity (Wildman–Crippen MR) is 127 cm³/mol. The number of benzene rings is 1. The molecule has 5 atom stereocenters. The monoisotopic (exact) mass is 429 g/mol. The van der Waals surface area contributed by atoms with Crippen molar-refractivity contribution in [1.29, 1.82) is 0 Å². The van der Waals surface area contributed by atoms with Crippen molar-refractivity contribution >= 4 is 0 Å². The van der Waals surface area contributed by atoms with Crippen LogP contribution in [0.4, 0.5) is 4.39 Å². The number of rotatable bonds is 8. The van der Waals surface area contributed by atoms with Crippen LogP contribution in [-0.2, 0) is 4.74 Å². The van der Waals surface area contributed by atoms with E-state index in [0.29, 0.717) is 18.1 Å². The number of hydrogen-bond acceptors (Lipinski definition) is 2. The fourth-order valence-electron chi connectivity index (χ4n) is 6.50. The van der Waals surface area contributed by atoms with E-state index in [4.69, 9.17) is 4.74 Å². The van der Waals surface area contributed by atoms with Gasteiger partial charge in [-0.2, -0.15) is 0 Å². The van der Waals surface area contributed by atoms with Crippen LogP contribution in [0, 0.1) is 23.6 Å². The molecule has 0 bridgehead atoms. The summed E-state index contributed by atoms with van der Waals surface area (Å²) in [4.78, 5) is 0. The topological polar surface area (TPSA) is 21.3 Å². The molecule has 1 heterocycles. The van der Waals surface area contributed by atoms with E-state index in [0.717, 1.165) is 17.8 Å². The maximum Gasteiger partial charge on any atom is 0.137 e. The highest BCUT2D eigenvalue weighted by atomic mass is 19.1. The quantitative estimate of drug-likeness (QED) is 0.424. The zero-order valence-corrected chi connectivity index (χ0v) is 20.1. The lowest BCUT2D eigenvalue weighted by Crippen LogP contribution is -2.36. The summed E-state index contributed by atoms with van der Waals surface area (Å²) in [5.41, 5.74) is 1.76. The molecule has 1 saturated heterocycles. The normalized spacial score (nSPS) is 32.7. The minimum absolute atomic E-state index is 0.0947. The molecule has 5 unspecified atom stereocenters. The molecule has 31 heavy (non-hydrogen) atoms. The Morgan fingerprint density at radius 3 is 2.52 bits per heavy atom. The molecule has 2 nitrogen and oxygen atoms in total. The molecule has 3 fully saturated rings. The van der Waals surface area contributed by atoms with Crippen LogP contribution in [0.5, 0.6) is 0 Å². The van der Waals surface area contributed by atoms with Crippen LogP contribution in [0.3, 0.4) is 0 Å². The van der Waals surface area contributed by atoms with Gasteiger partial charge in [-0.25, -0.2) is 4.39 Å². The van der Waals surface area contributed by atoms with Gasteiger partial charge in [-0.3, -0.25) is 5.32 Å². The van der Waals surface area contributed by atoms with E-state index >= 15 is 0 Å². The van der Waals surface area contributed by atoms with Crippen LogP contribution in [0.2, 0.25) is 0 Å². The molecule has 1 aromatic rings. The molecule has 3 aliphatic rings. The Morgan fingerprint density at radius 1 is 1.00 bits per heavy atom. The average Bonchev–Trinajstić information content (AvgIpc) is 3.12. The number of unbranched alkanes of at least 4 members (excludes halogenated alkanes) is 4. The summed E-state index contributed by atoms with van der Waals surface area (Å²) in [5, 5.41) is 3.39. The van der Waals surface area contributed by atoms with Crippen LogP contribution in [0.25, 0.3) is 0 Å². The molecule has 2 aliphatic carbocycles. The van der Waals surface area contributed by atoms with Crippen molar-refractivity contribution in [1.82, 2.24) is 5.32 Å². The van der Waals surface area contributed by atoms with Gasteiger partial charge in [0.05, 0.1) is 6.61 Å². The number of ether oxygens (including phenoxy) is 1. The van der Waals surface area contributed by atoms with E-state index in [1.807, 2.05) is 6.07 Å². The van der Waals surface area contributed by atoms with Crippen molar-refractivity contribution in [2.75, 3.05) is 6.61 Å². The van der Waals surface area contributed by atoms with Gasteiger partial charge in [-0.15, -0.1) is 0 Å². The van der Waals surface area contributed by atoms with E-state index in [9.17, 15) is 4.39 Å². The Hall–Kier alpha value is -0.930. The van der Waals surface area contributed by atoms with Crippen molar-refractivity contribution in [2.24, 2.45) is 17.8 Å². The number of halogens is 1. The molecule has 3 heteroatoms. The first-order chi connectivity index (χ1) is 14.9. The SMILES string of the molecule is CCCCCCCC1CCC2CC(c3ccc(C4NC(C)(C)CO4)c(F)c3)CCC2C1. The Balaban J connectivity index is 1.28. The second-order valence-corrected chi connectivity index (χ2v) is 11.4. The molecular weight excluding hydrogens is 385 g/mol. The fourth-order valence-corrected chi connectivity index (χ4v) is 6.50. The van der Waals surface area contributed by atoms with E-state index in [-0.39, 0.29) is 17.6 Å². The Kier molecular flexibility index (Phi) is 7.75. The van der Waals surface area contributed by atoms with Gasteiger partial charge in [0.1, 0.15) is 12.0 Å². The molecule has 0 radical (unpaired) electrons. The molecule has 1 aliphatic heterocycles. The lowest BCUT2D eigenvalue weighted by Gasteiger charge is -2.42. The second-order valence-electron chi connectivity index (χ2n) is 11.4. The third-order valence-corrected chi connectivity index (χ3v) is 8.35. The lowest BCUT2D eigenvalue weighted by atomic mass is 9.63. The van der Waals surface area contributed by atoms with Gasteiger partial charge in [0, 0.05) is 11.1 Å². The van der Waals surface area contributed by atoms with Crippen LogP contribution in [0.15, 0.2) is 18.2 Å². The van der Waals surface area contributed by atoms with Crippen LogP contribution in [-0.4, -0.2) is 12.1 Å². The molecular formula is C28H44FNO. The van der Waals surface area contributed by atoms with Crippen molar-refractivity contribution < 1.29 is 9.13 Å². The van der Waals surface area contributed by atoms with Crippen molar-refractivity contribution in [3.63, 3.8) is 0 Å². The number of hydrogen-bond donors (Lipinski definition) is 1. The Morgan fingerprint density at radius 2 is 1.77 bits per heavy atom. The summed E-state index contributed by atoms with van der Waals surface area (Å²) in [7, 11) is 0. The number of fused-ring (bicyclic) bond motifs is 1. The molecule has 4 rings (SSSR count). The largest absolute Gasteiger partial charge is 0.357 e.